The topological polar surface area (TPSA) is 78.5 Å². The van der Waals surface area contributed by atoms with Crippen LogP contribution in [-0.2, 0) is 14.4 Å². The number of para-hydroxylation sites is 1. The van der Waals surface area contributed by atoms with Gasteiger partial charge in [-0.3, -0.25) is 14.4 Å². The van der Waals surface area contributed by atoms with E-state index < -0.39 is 17.6 Å². The predicted octanol–water partition coefficient (Wildman–Crippen LogP) is 5.14. The van der Waals surface area contributed by atoms with Gasteiger partial charge in [-0.25, -0.2) is 9.29 Å². The highest BCUT2D eigenvalue weighted by Gasteiger charge is 2.41. The Hall–Kier alpha value is -3.97. The molecule has 1 aliphatic heterocycles. The minimum Gasteiger partial charge on any atom is -0.350 e. The minimum atomic E-state index is -0.695. The SMILES string of the molecule is CC(=O)Nc1ccc(C2=C(Nc3cccc(Cl)c3C)C(=O)N(c3ccccc3F)C2=O)cc1. The Kier molecular flexibility index (Phi) is 5.98. The van der Waals surface area contributed by atoms with Gasteiger partial charge >= 0.3 is 0 Å². The summed E-state index contributed by atoms with van der Waals surface area (Å²) < 4.78 is 14.5. The molecule has 0 saturated carbocycles. The Labute approximate surface area is 194 Å². The third-order valence-electron chi connectivity index (χ3n) is 5.20. The first-order valence-corrected chi connectivity index (χ1v) is 10.4. The van der Waals surface area contributed by atoms with Crippen molar-refractivity contribution >= 4 is 52.0 Å². The number of nitrogens with one attached hydrogen (secondary N) is 2. The molecule has 6 nitrogen and oxygen atoms in total. The number of halogens is 2. The summed E-state index contributed by atoms with van der Waals surface area (Å²) in [6.45, 7) is 3.17. The highest BCUT2D eigenvalue weighted by atomic mass is 35.5. The van der Waals surface area contributed by atoms with E-state index in [2.05, 4.69) is 10.6 Å². The molecule has 0 radical (unpaired) electrons. The molecule has 0 unspecified atom stereocenters. The summed E-state index contributed by atoms with van der Waals surface area (Å²) in [5.41, 5.74) is 2.15. The van der Waals surface area contributed by atoms with E-state index in [9.17, 15) is 18.8 Å². The molecule has 3 amide bonds. The van der Waals surface area contributed by atoms with Gasteiger partial charge in [0.2, 0.25) is 5.91 Å². The smallest absolute Gasteiger partial charge is 0.282 e. The van der Waals surface area contributed by atoms with E-state index >= 15 is 0 Å². The van der Waals surface area contributed by atoms with Crippen LogP contribution in [0.15, 0.2) is 72.4 Å². The quantitative estimate of drug-likeness (QED) is 0.513. The number of benzene rings is 3. The maximum atomic E-state index is 14.5. The predicted molar refractivity (Wildman–Crippen MR) is 126 cm³/mol. The molecule has 2 N–H and O–H groups in total. The zero-order valence-electron chi connectivity index (χ0n) is 17.8. The Morgan fingerprint density at radius 2 is 1.64 bits per heavy atom. The summed E-state index contributed by atoms with van der Waals surface area (Å²) in [4.78, 5) is 39.0. The van der Waals surface area contributed by atoms with Crippen LogP contribution in [0.5, 0.6) is 0 Å². The lowest BCUT2D eigenvalue weighted by molar-refractivity contribution is -0.120. The van der Waals surface area contributed by atoms with Gasteiger partial charge in [0.1, 0.15) is 11.5 Å². The van der Waals surface area contributed by atoms with E-state index in [0.29, 0.717) is 27.5 Å². The Morgan fingerprint density at radius 1 is 0.939 bits per heavy atom. The molecule has 0 aromatic heterocycles. The van der Waals surface area contributed by atoms with Gasteiger partial charge in [-0.1, -0.05) is 41.9 Å². The van der Waals surface area contributed by atoms with Crippen molar-refractivity contribution in [3.8, 4) is 0 Å². The van der Waals surface area contributed by atoms with Crippen molar-refractivity contribution in [1.29, 1.82) is 0 Å². The summed E-state index contributed by atoms with van der Waals surface area (Å²) >= 11 is 6.22. The lowest BCUT2D eigenvalue weighted by Crippen LogP contribution is -2.33. The average molecular weight is 464 g/mol. The molecule has 8 heteroatoms. The molecule has 33 heavy (non-hydrogen) atoms. The molecule has 0 aliphatic carbocycles. The van der Waals surface area contributed by atoms with E-state index in [-0.39, 0.29) is 22.9 Å². The number of rotatable bonds is 5. The molecule has 1 aliphatic rings. The molecular weight excluding hydrogens is 445 g/mol. The molecule has 3 aromatic carbocycles. The van der Waals surface area contributed by atoms with Crippen LogP contribution in [0.25, 0.3) is 5.57 Å². The molecule has 0 atom stereocenters. The fourth-order valence-corrected chi connectivity index (χ4v) is 3.74. The van der Waals surface area contributed by atoms with E-state index in [1.54, 1.807) is 55.5 Å². The van der Waals surface area contributed by atoms with Gasteiger partial charge in [-0.15, -0.1) is 0 Å². The monoisotopic (exact) mass is 463 g/mol. The van der Waals surface area contributed by atoms with Crippen molar-refractivity contribution < 1.29 is 18.8 Å². The van der Waals surface area contributed by atoms with Gasteiger partial charge in [0.15, 0.2) is 0 Å². The minimum absolute atomic E-state index is 0.000830. The van der Waals surface area contributed by atoms with Gasteiger partial charge < -0.3 is 10.6 Å². The zero-order chi connectivity index (χ0) is 23.7. The molecule has 3 aromatic rings. The van der Waals surface area contributed by atoms with Crippen LogP contribution in [-0.4, -0.2) is 17.7 Å². The highest BCUT2D eigenvalue weighted by Crippen LogP contribution is 2.36. The van der Waals surface area contributed by atoms with Crippen LogP contribution < -0.4 is 15.5 Å². The molecule has 4 rings (SSSR count). The third-order valence-corrected chi connectivity index (χ3v) is 5.61. The fourth-order valence-electron chi connectivity index (χ4n) is 3.57. The number of hydrogen-bond donors (Lipinski definition) is 2. The Bertz CT molecular complexity index is 1320. The molecule has 0 bridgehead atoms. The molecule has 166 valence electrons. The van der Waals surface area contributed by atoms with Crippen molar-refractivity contribution in [3.63, 3.8) is 0 Å². The largest absolute Gasteiger partial charge is 0.350 e. The maximum Gasteiger partial charge on any atom is 0.282 e. The summed E-state index contributed by atoms with van der Waals surface area (Å²) in [6, 6.07) is 17.2. The van der Waals surface area contributed by atoms with Gasteiger partial charge in [0, 0.05) is 23.3 Å². The number of imide groups is 1. The number of amides is 3. The fraction of sp³-hybridized carbons (Fsp3) is 0.0800. The van der Waals surface area contributed by atoms with Gasteiger partial charge in [-0.05, 0) is 54.4 Å². The van der Waals surface area contributed by atoms with Gasteiger partial charge in [0.25, 0.3) is 11.8 Å². The number of nitrogens with zero attached hydrogens (tertiary/aromatic N) is 1. The Balaban J connectivity index is 1.83. The van der Waals surface area contributed by atoms with Crippen LogP contribution >= 0.6 is 11.6 Å². The second kappa shape index (κ2) is 8.88. The first kappa shape index (κ1) is 22.2. The molecule has 0 fully saturated rings. The third kappa shape index (κ3) is 4.23. The van der Waals surface area contributed by atoms with Crippen molar-refractivity contribution in [2.24, 2.45) is 0 Å². The van der Waals surface area contributed by atoms with Crippen LogP contribution in [0.2, 0.25) is 5.02 Å². The first-order valence-electron chi connectivity index (χ1n) is 10.1. The summed E-state index contributed by atoms with van der Waals surface area (Å²) in [5.74, 6) is -2.29. The standard InChI is InChI=1S/C25H19ClFN3O3/c1-14-18(26)6-5-8-20(14)29-23-22(16-10-12-17(13-11-16)28-15(2)31)24(32)30(25(23)33)21-9-4-3-7-19(21)27/h3-13,29H,1-2H3,(H,28,31). The number of carbonyl (C=O) groups is 3. The summed E-state index contributed by atoms with van der Waals surface area (Å²) in [7, 11) is 0. The maximum absolute atomic E-state index is 14.5. The van der Waals surface area contributed by atoms with Crippen molar-refractivity contribution in [3.05, 3.63) is 94.4 Å². The number of hydrogen-bond acceptors (Lipinski definition) is 4. The van der Waals surface area contributed by atoms with Crippen LogP contribution in [0, 0.1) is 12.7 Å². The lowest BCUT2D eigenvalue weighted by Gasteiger charge is -2.16. The normalized spacial score (nSPS) is 13.5. The lowest BCUT2D eigenvalue weighted by atomic mass is 10.0. The number of anilines is 3. The van der Waals surface area contributed by atoms with Crippen LogP contribution in [0.1, 0.15) is 18.1 Å². The van der Waals surface area contributed by atoms with E-state index in [0.717, 1.165) is 4.90 Å². The van der Waals surface area contributed by atoms with E-state index in [1.807, 2.05) is 0 Å². The van der Waals surface area contributed by atoms with Crippen LogP contribution in [0.3, 0.4) is 0 Å². The molecular formula is C25H19ClFN3O3. The van der Waals surface area contributed by atoms with E-state index in [1.165, 1.54) is 25.1 Å². The number of carbonyl (C=O) groups excluding carboxylic acids is 3. The Morgan fingerprint density at radius 3 is 2.30 bits per heavy atom. The summed E-state index contributed by atoms with van der Waals surface area (Å²) in [6.07, 6.45) is 0. The van der Waals surface area contributed by atoms with E-state index in [4.69, 9.17) is 11.6 Å². The van der Waals surface area contributed by atoms with Crippen LogP contribution in [0.4, 0.5) is 21.5 Å². The second-order valence-corrected chi connectivity index (χ2v) is 7.85. The van der Waals surface area contributed by atoms with Crippen molar-refractivity contribution in [2.45, 2.75) is 13.8 Å². The first-order chi connectivity index (χ1) is 15.8. The highest BCUT2D eigenvalue weighted by molar-refractivity contribution is 6.46. The van der Waals surface area contributed by atoms with Gasteiger partial charge in [0.05, 0.1) is 11.3 Å². The zero-order valence-corrected chi connectivity index (χ0v) is 18.5. The molecule has 1 heterocycles. The van der Waals surface area contributed by atoms with Crippen molar-refractivity contribution in [1.82, 2.24) is 0 Å². The average Bonchev–Trinajstić information content (AvgIpc) is 3.01. The molecule has 0 saturated heterocycles. The molecule has 0 spiro atoms. The van der Waals surface area contributed by atoms with Gasteiger partial charge in [-0.2, -0.15) is 0 Å². The van der Waals surface area contributed by atoms with Crippen molar-refractivity contribution in [2.75, 3.05) is 15.5 Å². The summed E-state index contributed by atoms with van der Waals surface area (Å²) in [5, 5.41) is 6.18. The second-order valence-electron chi connectivity index (χ2n) is 7.44.